The highest BCUT2D eigenvalue weighted by molar-refractivity contribution is 9.10. The Balaban J connectivity index is 2.31. The van der Waals surface area contributed by atoms with E-state index in [0.717, 1.165) is 41.6 Å². The number of carbonyl (C=O) groups is 1. The number of hydrogen-bond donors (Lipinski definition) is 3. The van der Waals surface area contributed by atoms with Gasteiger partial charge in [-0.05, 0) is 40.9 Å². The van der Waals surface area contributed by atoms with Crippen molar-refractivity contribution < 1.29 is 10.0 Å². The molecule has 3 N–H and O–H groups in total. The highest BCUT2D eigenvalue weighted by Crippen LogP contribution is 2.24. The van der Waals surface area contributed by atoms with E-state index in [2.05, 4.69) is 33.2 Å². The Labute approximate surface area is 131 Å². The lowest BCUT2D eigenvalue weighted by atomic mass is 10.1. The molecule has 114 valence electrons. The van der Waals surface area contributed by atoms with E-state index >= 15 is 0 Å². The third-order valence-electron chi connectivity index (χ3n) is 3.25. The van der Waals surface area contributed by atoms with E-state index in [-0.39, 0.29) is 6.54 Å². The van der Waals surface area contributed by atoms with Crippen LogP contribution in [0.3, 0.4) is 0 Å². The maximum Gasteiger partial charge on any atom is 0.262 e. The number of pyridine rings is 1. The van der Waals surface area contributed by atoms with Crippen molar-refractivity contribution in [3.8, 4) is 0 Å². The maximum absolute atomic E-state index is 11.2. The van der Waals surface area contributed by atoms with E-state index in [1.807, 2.05) is 22.6 Å². The van der Waals surface area contributed by atoms with Crippen LogP contribution in [0.15, 0.2) is 22.8 Å². The zero-order valence-corrected chi connectivity index (χ0v) is 13.5. The van der Waals surface area contributed by atoms with Crippen LogP contribution in [-0.2, 0) is 11.2 Å². The molecule has 7 heteroatoms. The third-order valence-corrected chi connectivity index (χ3v) is 3.87. The van der Waals surface area contributed by atoms with E-state index in [4.69, 9.17) is 5.21 Å². The molecule has 0 fully saturated rings. The Bertz CT molecular complexity index is 627. The third kappa shape index (κ3) is 3.74. The summed E-state index contributed by atoms with van der Waals surface area (Å²) in [6.07, 6.45) is 4.23. The number of nitrogens with one attached hydrogen (secondary N) is 2. The summed E-state index contributed by atoms with van der Waals surface area (Å²) in [6.45, 7) is 2.15. The molecule has 2 rings (SSSR count). The fourth-order valence-corrected chi connectivity index (χ4v) is 2.78. The first-order valence-corrected chi connectivity index (χ1v) is 7.79. The number of fused-ring (bicyclic) bond motifs is 1. The largest absolute Gasteiger partial charge is 0.359 e. The summed E-state index contributed by atoms with van der Waals surface area (Å²) in [4.78, 5) is 15.7. The molecule has 6 nitrogen and oxygen atoms in total. The van der Waals surface area contributed by atoms with Gasteiger partial charge in [-0.3, -0.25) is 14.4 Å². The first-order valence-electron chi connectivity index (χ1n) is 7.00. The quantitative estimate of drug-likeness (QED) is 0.309. The summed E-state index contributed by atoms with van der Waals surface area (Å²) in [5, 5.41) is 11.5. The average Bonchev–Trinajstić information content (AvgIpc) is 2.84. The normalized spacial score (nSPS) is 10.8. The summed E-state index contributed by atoms with van der Waals surface area (Å²) >= 11 is 3.54. The van der Waals surface area contributed by atoms with Crippen LogP contribution in [0, 0.1) is 0 Å². The van der Waals surface area contributed by atoms with E-state index in [1.54, 1.807) is 5.48 Å². The summed E-state index contributed by atoms with van der Waals surface area (Å²) < 4.78 is 2.97. The van der Waals surface area contributed by atoms with Gasteiger partial charge in [0.2, 0.25) is 0 Å². The molecule has 0 unspecified atom stereocenters. The Morgan fingerprint density at radius 3 is 2.95 bits per heavy atom. The lowest BCUT2D eigenvalue weighted by Gasteiger charge is -2.07. The molecule has 0 aliphatic heterocycles. The van der Waals surface area contributed by atoms with Crippen molar-refractivity contribution in [2.75, 3.05) is 11.9 Å². The Morgan fingerprint density at radius 1 is 1.43 bits per heavy atom. The second kappa shape index (κ2) is 7.42. The monoisotopic (exact) mass is 354 g/mol. The highest BCUT2D eigenvalue weighted by Gasteiger charge is 2.14. The standard InChI is InChI=1S/C14H19BrN4O2/c1-2-3-4-6-10-14(16-9-13(20)18-21)17-12-8-5-7-11(15)19(10)12/h5,7-8,16,21H,2-4,6,9H2,1H3,(H,18,20). The molecule has 0 aromatic carbocycles. The summed E-state index contributed by atoms with van der Waals surface area (Å²) in [5.74, 6) is 0.187. The molecule has 0 saturated heterocycles. The zero-order chi connectivity index (χ0) is 15.2. The molecule has 0 atom stereocenters. The molecular weight excluding hydrogens is 336 g/mol. The van der Waals surface area contributed by atoms with Gasteiger partial charge in [-0.2, -0.15) is 0 Å². The van der Waals surface area contributed by atoms with Gasteiger partial charge in [0, 0.05) is 0 Å². The van der Waals surface area contributed by atoms with Crippen LogP contribution in [0.2, 0.25) is 0 Å². The number of hydroxylamine groups is 1. The minimum atomic E-state index is -0.495. The van der Waals surface area contributed by atoms with Gasteiger partial charge in [0.1, 0.15) is 11.5 Å². The number of aryl methyl sites for hydroxylation is 1. The Kier molecular flexibility index (Phi) is 5.58. The zero-order valence-electron chi connectivity index (χ0n) is 11.9. The maximum atomic E-state index is 11.2. The molecule has 0 spiro atoms. The Morgan fingerprint density at radius 2 is 2.24 bits per heavy atom. The van der Waals surface area contributed by atoms with Crippen molar-refractivity contribution in [3.05, 3.63) is 28.5 Å². The van der Waals surface area contributed by atoms with Crippen LogP contribution in [0.25, 0.3) is 5.65 Å². The van der Waals surface area contributed by atoms with Crippen molar-refractivity contribution in [1.29, 1.82) is 0 Å². The molecule has 0 aliphatic carbocycles. The number of unbranched alkanes of at least 4 members (excludes halogenated alkanes) is 2. The van der Waals surface area contributed by atoms with Gasteiger partial charge in [0.05, 0.1) is 16.8 Å². The average molecular weight is 355 g/mol. The summed E-state index contributed by atoms with van der Waals surface area (Å²) in [6, 6.07) is 5.81. The van der Waals surface area contributed by atoms with Crippen molar-refractivity contribution >= 4 is 33.3 Å². The predicted molar refractivity (Wildman–Crippen MR) is 84.5 cm³/mol. The lowest BCUT2D eigenvalue weighted by molar-refractivity contribution is -0.127. The number of amides is 1. The van der Waals surface area contributed by atoms with E-state index < -0.39 is 5.91 Å². The molecule has 1 amide bonds. The van der Waals surface area contributed by atoms with Gasteiger partial charge >= 0.3 is 0 Å². The number of anilines is 1. The van der Waals surface area contributed by atoms with Crippen LogP contribution in [-0.4, -0.2) is 27.0 Å². The molecule has 0 bridgehead atoms. The van der Waals surface area contributed by atoms with Gasteiger partial charge in [-0.25, -0.2) is 10.5 Å². The number of carbonyl (C=O) groups excluding carboxylic acids is 1. The highest BCUT2D eigenvalue weighted by atomic mass is 79.9. The van der Waals surface area contributed by atoms with Crippen LogP contribution in [0.5, 0.6) is 0 Å². The fourth-order valence-electron chi connectivity index (χ4n) is 2.23. The number of rotatable bonds is 7. The van der Waals surface area contributed by atoms with E-state index in [9.17, 15) is 4.79 Å². The second-order valence-electron chi connectivity index (χ2n) is 4.79. The summed E-state index contributed by atoms with van der Waals surface area (Å²) in [7, 11) is 0. The predicted octanol–water partition coefficient (Wildman–Crippen LogP) is 2.75. The van der Waals surface area contributed by atoms with Crippen LogP contribution >= 0.6 is 15.9 Å². The van der Waals surface area contributed by atoms with E-state index in [1.165, 1.54) is 0 Å². The SMILES string of the molecule is CCCCCc1c(NCC(=O)NO)nc2cccc(Br)n12. The Hall–Kier alpha value is -1.60. The van der Waals surface area contributed by atoms with Crippen molar-refractivity contribution in [3.63, 3.8) is 0 Å². The molecule has 21 heavy (non-hydrogen) atoms. The smallest absolute Gasteiger partial charge is 0.262 e. The molecule has 2 aromatic rings. The summed E-state index contributed by atoms with van der Waals surface area (Å²) in [5.41, 5.74) is 3.47. The van der Waals surface area contributed by atoms with Gasteiger partial charge in [-0.15, -0.1) is 0 Å². The number of hydrogen-bond acceptors (Lipinski definition) is 4. The molecule has 2 heterocycles. The van der Waals surface area contributed by atoms with E-state index in [0.29, 0.717) is 5.82 Å². The molecule has 0 saturated carbocycles. The first kappa shape index (κ1) is 15.8. The first-order chi connectivity index (χ1) is 10.2. The molecule has 0 radical (unpaired) electrons. The van der Waals surface area contributed by atoms with Crippen LogP contribution in [0.1, 0.15) is 31.9 Å². The number of halogens is 1. The molecular formula is C14H19BrN4O2. The minimum Gasteiger partial charge on any atom is -0.359 e. The molecule has 0 aliphatic rings. The van der Waals surface area contributed by atoms with Crippen molar-refractivity contribution in [2.24, 2.45) is 0 Å². The minimum absolute atomic E-state index is 0.0151. The topological polar surface area (TPSA) is 78.7 Å². The van der Waals surface area contributed by atoms with Gasteiger partial charge in [0.25, 0.3) is 5.91 Å². The molecule has 2 aromatic heterocycles. The fraction of sp³-hybridized carbons (Fsp3) is 0.429. The van der Waals surface area contributed by atoms with Crippen LogP contribution < -0.4 is 10.8 Å². The van der Waals surface area contributed by atoms with Gasteiger partial charge < -0.3 is 5.32 Å². The van der Waals surface area contributed by atoms with Crippen LogP contribution in [0.4, 0.5) is 5.82 Å². The number of imidazole rings is 1. The van der Waals surface area contributed by atoms with Gasteiger partial charge in [-0.1, -0.05) is 25.8 Å². The lowest BCUT2D eigenvalue weighted by Crippen LogP contribution is -2.27. The van der Waals surface area contributed by atoms with Gasteiger partial charge in [0.15, 0.2) is 0 Å². The number of aromatic nitrogens is 2. The van der Waals surface area contributed by atoms with Crippen molar-refractivity contribution in [1.82, 2.24) is 14.9 Å². The van der Waals surface area contributed by atoms with Crippen molar-refractivity contribution in [2.45, 2.75) is 32.6 Å². The second-order valence-corrected chi connectivity index (χ2v) is 5.61. The number of nitrogens with zero attached hydrogens (tertiary/aromatic N) is 2.